The number of aromatic nitrogens is 5. The summed E-state index contributed by atoms with van der Waals surface area (Å²) in [5.41, 5.74) is 16.0. The van der Waals surface area contributed by atoms with Crippen molar-refractivity contribution < 1.29 is 4.74 Å². The first-order chi connectivity index (χ1) is 32.0. The number of fused-ring (bicyclic) bond motifs is 12. The SMILES string of the molecule is CC1(C)c2ccccc2-c2c(-c3ccccc3)nc(-c3ccc4c(c3)-c3ccc(-c5nc(-c6ccccc6)nc(-c6ccccc6)n5)cc3C43c4ccccc4Oc4ccccc43)nc21. The van der Waals surface area contributed by atoms with Crippen molar-refractivity contribution in [2.24, 2.45) is 0 Å². The number of rotatable bonds is 5. The van der Waals surface area contributed by atoms with Crippen LogP contribution in [0.4, 0.5) is 0 Å². The molecule has 3 heterocycles. The van der Waals surface area contributed by atoms with Crippen molar-refractivity contribution in [2.45, 2.75) is 24.7 Å². The fourth-order valence-corrected chi connectivity index (χ4v) is 10.6. The molecule has 2 aromatic heterocycles. The van der Waals surface area contributed by atoms with Gasteiger partial charge in [0.25, 0.3) is 0 Å². The first-order valence-corrected chi connectivity index (χ1v) is 22.1. The Labute approximate surface area is 377 Å². The molecule has 6 heteroatoms. The quantitative estimate of drug-likeness (QED) is 0.172. The Morgan fingerprint density at radius 3 is 1.46 bits per heavy atom. The summed E-state index contributed by atoms with van der Waals surface area (Å²) in [5.74, 6) is 4.20. The molecule has 0 unspecified atom stereocenters. The first kappa shape index (κ1) is 37.2. The largest absolute Gasteiger partial charge is 0.457 e. The standard InChI is InChI=1S/C59H39N5O/c1-58(2)44-25-13-12-24-42(44)51-52(36-18-6-3-7-19-36)60-56(61-53(51)58)39-31-33-45-43(34-39)41-32-30-40(35-48(41)59(45)46-26-14-16-28-49(46)65-50-29-17-15-27-47(50)59)57-63-54(37-20-8-4-9-21-37)62-55(64-57)38-22-10-5-11-23-38/h3-35H,1-2H3. The van der Waals surface area contributed by atoms with Gasteiger partial charge < -0.3 is 4.74 Å². The highest BCUT2D eigenvalue weighted by Crippen LogP contribution is 2.63. The van der Waals surface area contributed by atoms with Crippen LogP contribution in [0.3, 0.4) is 0 Å². The van der Waals surface area contributed by atoms with Gasteiger partial charge in [-0.25, -0.2) is 24.9 Å². The molecule has 65 heavy (non-hydrogen) atoms. The molecule has 2 aliphatic carbocycles. The minimum Gasteiger partial charge on any atom is -0.457 e. The van der Waals surface area contributed by atoms with Crippen LogP contribution in [0.2, 0.25) is 0 Å². The minimum atomic E-state index is -0.722. The second-order valence-corrected chi connectivity index (χ2v) is 17.6. The fourth-order valence-electron chi connectivity index (χ4n) is 10.6. The lowest BCUT2D eigenvalue weighted by atomic mass is 9.66. The monoisotopic (exact) mass is 833 g/mol. The number of hydrogen-bond acceptors (Lipinski definition) is 6. The van der Waals surface area contributed by atoms with Gasteiger partial charge in [-0.1, -0.05) is 190 Å². The summed E-state index contributed by atoms with van der Waals surface area (Å²) in [6.45, 7) is 4.56. The summed E-state index contributed by atoms with van der Waals surface area (Å²) in [7, 11) is 0. The average Bonchev–Trinajstić information content (AvgIpc) is 3.78. The van der Waals surface area contributed by atoms with Crippen molar-refractivity contribution >= 4 is 0 Å². The second kappa shape index (κ2) is 14.1. The second-order valence-electron chi connectivity index (χ2n) is 17.6. The Bertz CT molecular complexity index is 3450. The Balaban J connectivity index is 1.06. The molecule has 13 rings (SSSR count). The van der Waals surface area contributed by atoms with E-state index in [0.717, 1.165) is 84.1 Å². The van der Waals surface area contributed by atoms with Gasteiger partial charge in [-0.3, -0.25) is 0 Å². The van der Waals surface area contributed by atoms with E-state index < -0.39 is 5.41 Å². The van der Waals surface area contributed by atoms with Gasteiger partial charge in [-0.2, -0.15) is 0 Å². The van der Waals surface area contributed by atoms with E-state index in [2.05, 4.69) is 141 Å². The van der Waals surface area contributed by atoms with Crippen LogP contribution in [-0.2, 0) is 10.8 Å². The minimum absolute atomic E-state index is 0.317. The fraction of sp³-hybridized carbons (Fsp3) is 0.0678. The van der Waals surface area contributed by atoms with E-state index in [1.54, 1.807) is 0 Å². The molecule has 0 saturated carbocycles. The lowest BCUT2D eigenvalue weighted by Gasteiger charge is -2.39. The molecule has 1 spiro atoms. The van der Waals surface area contributed by atoms with Gasteiger partial charge in [0.2, 0.25) is 0 Å². The highest BCUT2D eigenvalue weighted by molar-refractivity contribution is 5.93. The first-order valence-electron chi connectivity index (χ1n) is 22.1. The molecule has 0 radical (unpaired) electrons. The summed E-state index contributed by atoms with van der Waals surface area (Å²) in [5, 5.41) is 0. The van der Waals surface area contributed by atoms with Gasteiger partial charge >= 0.3 is 0 Å². The molecular formula is C59H39N5O. The van der Waals surface area contributed by atoms with Crippen LogP contribution in [0, 0.1) is 0 Å². The highest BCUT2D eigenvalue weighted by atomic mass is 16.5. The Morgan fingerprint density at radius 2 is 0.831 bits per heavy atom. The summed E-state index contributed by atoms with van der Waals surface area (Å²) >= 11 is 0. The molecule has 6 nitrogen and oxygen atoms in total. The third-order valence-corrected chi connectivity index (χ3v) is 13.6. The maximum Gasteiger partial charge on any atom is 0.164 e. The number of para-hydroxylation sites is 2. The maximum atomic E-state index is 6.72. The molecule has 0 amide bonds. The molecule has 0 saturated heterocycles. The molecule has 1 aliphatic heterocycles. The van der Waals surface area contributed by atoms with Crippen molar-refractivity contribution in [3.63, 3.8) is 0 Å². The van der Waals surface area contributed by atoms with Crippen LogP contribution in [0.15, 0.2) is 200 Å². The lowest BCUT2D eigenvalue weighted by Crippen LogP contribution is -2.32. The van der Waals surface area contributed by atoms with E-state index in [0.29, 0.717) is 23.3 Å². The molecule has 10 aromatic rings. The van der Waals surface area contributed by atoms with Gasteiger partial charge in [-0.05, 0) is 57.6 Å². The smallest absolute Gasteiger partial charge is 0.164 e. The Morgan fingerprint density at radius 1 is 0.338 bits per heavy atom. The van der Waals surface area contributed by atoms with Gasteiger partial charge in [0.05, 0.1) is 16.8 Å². The maximum absolute atomic E-state index is 6.72. The van der Waals surface area contributed by atoms with Crippen molar-refractivity contribution in [1.82, 2.24) is 24.9 Å². The summed E-state index contributed by atoms with van der Waals surface area (Å²) < 4.78 is 6.72. The molecule has 3 aliphatic rings. The molecule has 0 N–H and O–H groups in total. The topological polar surface area (TPSA) is 73.7 Å². The van der Waals surface area contributed by atoms with E-state index in [1.807, 2.05) is 72.8 Å². The van der Waals surface area contributed by atoms with Gasteiger partial charge in [0.1, 0.15) is 11.5 Å². The van der Waals surface area contributed by atoms with Crippen molar-refractivity contribution in [3.8, 4) is 90.6 Å². The molecular weight excluding hydrogens is 795 g/mol. The Kier molecular flexibility index (Phi) is 8.06. The van der Waals surface area contributed by atoms with Gasteiger partial charge in [0.15, 0.2) is 23.3 Å². The molecule has 0 fully saturated rings. The zero-order chi connectivity index (χ0) is 43.3. The third kappa shape index (κ3) is 5.50. The van der Waals surface area contributed by atoms with E-state index in [9.17, 15) is 0 Å². The molecule has 8 aromatic carbocycles. The van der Waals surface area contributed by atoms with Crippen LogP contribution in [0.5, 0.6) is 11.5 Å². The lowest BCUT2D eigenvalue weighted by molar-refractivity contribution is 0.436. The predicted octanol–water partition coefficient (Wildman–Crippen LogP) is 13.8. The summed E-state index contributed by atoms with van der Waals surface area (Å²) in [4.78, 5) is 26.3. The van der Waals surface area contributed by atoms with E-state index in [1.165, 1.54) is 16.7 Å². The average molecular weight is 834 g/mol. The third-order valence-electron chi connectivity index (χ3n) is 13.6. The number of benzene rings is 8. The van der Waals surface area contributed by atoms with E-state index >= 15 is 0 Å². The zero-order valence-electron chi connectivity index (χ0n) is 35.7. The van der Waals surface area contributed by atoms with Crippen molar-refractivity contribution in [3.05, 3.63) is 234 Å². The van der Waals surface area contributed by atoms with Crippen LogP contribution in [-0.4, -0.2) is 24.9 Å². The van der Waals surface area contributed by atoms with E-state index in [4.69, 9.17) is 29.7 Å². The predicted molar refractivity (Wildman–Crippen MR) is 258 cm³/mol. The summed E-state index contributed by atoms with van der Waals surface area (Å²) in [6.07, 6.45) is 0. The van der Waals surface area contributed by atoms with Crippen LogP contribution < -0.4 is 4.74 Å². The number of nitrogens with zero attached hydrogens (tertiary/aromatic N) is 5. The molecule has 306 valence electrons. The molecule has 0 bridgehead atoms. The van der Waals surface area contributed by atoms with Crippen LogP contribution >= 0.6 is 0 Å². The highest BCUT2D eigenvalue weighted by Gasteiger charge is 2.51. The van der Waals surface area contributed by atoms with Crippen LogP contribution in [0.1, 0.15) is 47.4 Å². The van der Waals surface area contributed by atoms with Crippen LogP contribution in [0.25, 0.3) is 79.1 Å². The van der Waals surface area contributed by atoms with E-state index in [-0.39, 0.29) is 5.41 Å². The number of ether oxygens (including phenoxy) is 1. The zero-order valence-corrected chi connectivity index (χ0v) is 35.7. The Hall–Kier alpha value is -8.35. The van der Waals surface area contributed by atoms with Crippen molar-refractivity contribution in [2.75, 3.05) is 0 Å². The van der Waals surface area contributed by atoms with Gasteiger partial charge in [0, 0.05) is 49.9 Å². The normalized spacial score (nSPS) is 14.1. The molecule has 0 atom stereocenters. The summed E-state index contributed by atoms with van der Waals surface area (Å²) in [6, 6.07) is 69.9. The number of hydrogen-bond donors (Lipinski definition) is 0. The van der Waals surface area contributed by atoms with Crippen molar-refractivity contribution in [1.29, 1.82) is 0 Å². The van der Waals surface area contributed by atoms with Gasteiger partial charge in [-0.15, -0.1) is 0 Å².